The van der Waals surface area contributed by atoms with E-state index >= 15 is 0 Å². The number of nitrogens with one attached hydrogen (secondary N) is 1. The normalized spacial score (nSPS) is 16.2. The Morgan fingerprint density at radius 2 is 2.00 bits per heavy atom. The topological polar surface area (TPSA) is 51.7 Å². The van der Waals surface area contributed by atoms with E-state index in [1.807, 2.05) is 17.2 Å². The average molecular weight is 348 g/mol. The van der Waals surface area contributed by atoms with Crippen molar-refractivity contribution >= 4 is 11.7 Å². The average Bonchev–Trinajstić information content (AvgIpc) is 2.66. The molecule has 0 bridgehead atoms. The summed E-state index contributed by atoms with van der Waals surface area (Å²) in [6.45, 7) is 13.0. The van der Waals surface area contributed by atoms with Crippen molar-refractivity contribution < 1.29 is 4.79 Å². The van der Waals surface area contributed by atoms with Gasteiger partial charge in [-0.2, -0.15) is 0 Å². The highest BCUT2D eigenvalue weighted by molar-refractivity contribution is 5.74. The molecule has 0 aromatic carbocycles. The molecule has 6 nitrogen and oxygen atoms in total. The zero-order chi connectivity index (χ0) is 18.1. The van der Waals surface area contributed by atoms with E-state index in [-0.39, 0.29) is 12.1 Å². The van der Waals surface area contributed by atoms with Gasteiger partial charge in [0.05, 0.1) is 11.9 Å². The van der Waals surface area contributed by atoms with Crippen LogP contribution < -0.4 is 10.2 Å². The van der Waals surface area contributed by atoms with Gasteiger partial charge in [-0.1, -0.05) is 13.8 Å². The first-order valence-corrected chi connectivity index (χ1v) is 9.56. The molecule has 2 amide bonds. The quantitative estimate of drug-likeness (QED) is 0.785. The molecule has 1 saturated heterocycles. The fourth-order valence-electron chi connectivity index (χ4n) is 3.24. The number of nitrogens with zero attached hydrogens (tertiary/aromatic N) is 4. The van der Waals surface area contributed by atoms with E-state index in [4.69, 9.17) is 0 Å². The van der Waals surface area contributed by atoms with E-state index in [0.717, 1.165) is 64.3 Å². The van der Waals surface area contributed by atoms with E-state index in [9.17, 15) is 4.79 Å². The van der Waals surface area contributed by atoms with Gasteiger partial charge in [0, 0.05) is 38.4 Å². The number of rotatable bonds is 8. The predicted molar refractivity (Wildman–Crippen MR) is 103 cm³/mol. The van der Waals surface area contributed by atoms with Crippen LogP contribution in [0.4, 0.5) is 10.5 Å². The molecule has 0 saturated carbocycles. The molecule has 2 rings (SSSR count). The smallest absolute Gasteiger partial charge is 0.317 e. The molecule has 25 heavy (non-hydrogen) atoms. The molecule has 1 aliphatic heterocycles. The van der Waals surface area contributed by atoms with Gasteiger partial charge in [-0.05, 0) is 51.5 Å². The van der Waals surface area contributed by atoms with Gasteiger partial charge in [0.25, 0.3) is 0 Å². The van der Waals surface area contributed by atoms with Crippen molar-refractivity contribution in [1.82, 2.24) is 20.1 Å². The van der Waals surface area contributed by atoms with E-state index < -0.39 is 0 Å². The van der Waals surface area contributed by atoms with Gasteiger partial charge in [0.1, 0.15) is 0 Å². The number of anilines is 1. The van der Waals surface area contributed by atoms with Crippen LogP contribution in [0.25, 0.3) is 0 Å². The molecular weight excluding hydrogens is 314 g/mol. The summed E-state index contributed by atoms with van der Waals surface area (Å²) < 4.78 is 0. The van der Waals surface area contributed by atoms with Crippen molar-refractivity contribution in [3.05, 3.63) is 24.5 Å². The third kappa shape index (κ3) is 6.20. The van der Waals surface area contributed by atoms with Crippen molar-refractivity contribution in [2.45, 2.75) is 39.7 Å². The molecule has 0 spiro atoms. The minimum Gasteiger partial charge on any atom is -0.367 e. The Labute approximate surface area is 152 Å². The molecule has 140 valence electrons. The molecule has 1 fully saturated rings. The van der Waals surface area contributed by atoms with Crippen LogP contribution >= 0.6 is 0 Å². The van der Waals surface area contributed by atoms with Crippen molar-refractivity contribution in [2.24, 2.45) is 0 Å². The monoisotopic (exact) mass is 347 g/mol. The van der Waals surface area contributed by atoms with Crippen LogP contribution in [0.1, 0.15) is 33.6 Å². The van der Waals surface area contributed by atoms with Gasteiger partial charge in [-0.15, -0.1) is 0 Å². The van der Waals surface area contributed by atoms with Gasteiger partial charge < -0.3 is 20.0 Å². The summed E-state index contributed by atoms with van der Waals surface area (Å²) in [6, 6.07) is 4.32. The maximum absolute atomic E-state index is 12.4. The van der Waals surface area contributed by atoms with Gasteiger partial charge in [-0.3, -0.25) is 4.98 Å². The Hall–Kier alpha value is -1.82. The lowest BCUT2D eigenvalue weighted by Crippen LogP contribution is -2.53. The highest BCUT2D eigenvalue weighted by atomic mass is 16.2. The van der Waals surface area contributed by atoms with Gasteiger partial charge in [0.2, 0.25) is 0 Å². The third-order valence-electron chi connectivity index (χ3n) is 4.95. The minimum absolute atomic E-state index is 0.0705. The second-order valence-electron chi connectivity index (χ2n) is 6.70. The lowest BCUT2D eigenvalue weighted by molar-refractivity contribution is 0.189. The highest BCUT2D eigenvalue weighted by Gasteiger charge is 2.22. The Bertz CT molecular complexity index is 498. The van der Waals surface area contributed by atoms with Crippen LogP contribution in [0.5, 0.6) is 0 Å². The van der Waals surface area contributed by atoms with Crippen molar-refractivity contribution in [2.75, 3.05) is 50.7 Å². The largest absolute Gasteiger partial charge is 0.367 e. The van der Waals surface area contributed by atoms with Crippen LogP contribution in [-0.4, -0.2) is 72.7 Å². The number of piperazine rings is 1. The molecule has 1 aliphatic rings. The zero-order valence-electron chi connectivity index (χ0n) is 15.9. The van der Waals surface area contributed by atoms with E-state index in [0.29, 0.717) is 0 Å². The van der Waals surface area contributed by atoms with Crippen LogP contribution in [0, 0.1) is 0 Å². The van der Waals surface area contributed by atoms with E-state index in [1.54, 1.807) is 6.20 Å². The summed E-state index contributed by atoms with van der Waals surface area (Å²) in [5, 5.41) is 3.15. The van der Waals surface area contributed by atoms with Crippen LogP contribution in [0.3, 0.4) is 0 Å². The van der Waals surface area contributed by atoms with Gasteiger partial charge >= 0.3 is 6.03 Å². The fourth-order valence-corrected chi connectivity index (χ4v) is 3.24. The molecule has 1 atom stereocenters. The van der Waals surface area contributed by atoms with Gasteiger partial charge in [0.15, 0.2) is 0 Å². The molecule has 1 N–H and O–H groups in total. The summed E-state index contributed by atoms with van der Waals surface area (Å²) >= 11 is 0. The summed E-state index contributed by atoms with van der Waals surface area (Å²) in [5.74, 6) is 0. The molecule has 2 heterocycles. The number of carbonyl (C=O) groups is 1. The summed E-state index contributed by atoms with van der Waals surface area (Å²) in [7, 11) is 0. The summed E-state index contributed by atoms with van der Waals surface area (Å²) in [5.41, 5.74) is 1.13. The highest BCUT2D eigenvalue weighted by Crippen LogP contribution is 2.14. The fraction of sp³-hybridized carbons (Fsp3) is 0.684. The minimum atomic E-state index is 0.0705. The van der Waals surface area contributed by atoms with Crippen molar-refractivity contribution in [1.29, 1.82) is 0 Å². The maximum atomic E-state index is 12.4. The standard InChI is InChI=1S/C19H33N5O/c1-4-22(5-2)11-7-8-17(3)21-19(25)24-14-12-23(13-15-24)18-9-6-10-20-16-18/h6,9-10,16-17H,4-5,7-8,11-15H2,1-3H3,(H,21,25)/t17-/m0/s1. The number of hydrogen-bond acceptors (Lipinski definition) is 4. The number of aromatic nitrogens is 1. The zero-order valence-corrected chi connectivity index (χ0v) is 15.9. The maximum Gasteiger partial charge on any atom is 0.317 e. The molecule has 0 unspecified atom stereocenters. The Balaban J connectivity index is 1.68. The summed E-state index contributed by atoms with van der Waals surface area (Å²) in [4.78, 5) is 23.2. The Morgan fingerprint density at radius 3 is 2.60 bits per heavy atom. The van der Waals surface area contributed by atoms with Crippen molar-refractivity contribution in [3.63, 3.8) is 0 Å². The first-order chi connectivity index (χ1) is 12.1. The number of urea groups is 1. The number of pyridine rings is 1. The first-order valence-electron chi connectivity index (χ1n) is 9.56. The molecule has 6 heteroatoms. The van der Waals surface area contributed by atoms with Crippen molar-refractivity contribution in [3.8, 4) is 0 Å². The molecule has 1 aromatic rings. The van der Waals surface area contributed by atoms with Gasteiger partial charge in [-0.25, -0.2) is 4.79 Å². The van der Waals surface area contributed by atoms with E-state index in [1.165, 1.54) is 0 Å². The second-order valence-corrected chi connectivity index (χ2v) is 6.70. The van der Waals surface area contributed by atoms with Crippen LogP contribution in [-0.2, 0) is 0 Å². The number of hydrogen-bond donors (Lipinski definition) is 1. The molecule has 0 radical (unpaired) electrons. The van der Waals surface area contributed by atoms with Crippen LogP contribution in [0.15, 0.2) is 24.5 Å². The summed E-state index contributed by atoms with van der Waals surface area (Å²) in [6.07, 6.45) is 5.82. The first kappa shape index (κ1) is 19.5. The van der Waals surface area contributed by atoms with Crippen LogP contribution in [0.2, 0.25) is 0 Å². The number of amides is 2. The second kappa shape index (κ2) is 10.2. The third-order valence-corrected chi connectivity index (χ3v) is 4.95. The SMILES string of the molecule is CCN(CC)CCC[C@H](C)NC(=O)N1CCN(c2cccnc2)CC1. The lowest BCUT2D eigenvalue weighted by Gasteiger charge is -2.36. The predicted octanol–water partition coefficient (Wildman–Crippen LogP) is 2.42. The van der Waals surface area contributed by atoms with E-state index in [2.05, 4.69) is 46.9 Å². The Morgan fingerprint density at radius 1 is 1.28 bits per heavy atom. The molecular formula is C19H33N5O. The number of carbonyl (C=O) groups excluding carboxylic acids is 1. The lowest BCUT2D eigenvalue weighted by atomic mass is 10.2. The molecule has 0 aliphatic carbocycles. The Kier molecular flexibility index (Phi) is 7.98. The molecule has 1 aromatic heterocycles.